The molecule has 1 heterocycles. The fraction of sp³-hybridized carbons (Fsp3) is 0.167. The number of hydrogen-bond acceptors (Lipinski definition) is 7. The normalized spacial score (nSPS) is 10.5. The smallest absolute Gasteiger partial charge is 0.335 e. The zero-order valence-electron chi connectivity index (χ0n) is 14.1. The van der Waals surface area contributed by atoms with Crippen LogP contribution in [0, 0.1) is 0 Å². The predicted molar refractivity (Wildman–Crippen MR) is 95.8 cm³/mol. The molecule has 0 saturated heterocycles. The summed E-state index contributed by atoms with van der Waals surface area (Å²) in [6.07, 6.45) is 0. The molecule has 0 bridgehead atoms. The molecule has 1 aromatic heterocycles. The highest BCUT2D eigenvalue weighted by Gasteiger charge is 2.13. The van der Waals surface area contributed by atoms with E-state index in [1.165, 1.54) is 11.8 Å². The molecule has 0 saturated carbocycles. The van der Waals surface area contributed by atoms with E-state index in [9.17, 15) is 4.79 Å². The van der Waals surface area contributed by atoms with Crippen LogP contribution in [0.25, 0.3) is 11.5 Å². The Bertz CT molecular complexity index is 908. The number of methoxy groups -OCH3 is 2. The van der Waals surface area contributed by atoms with Gasteiger partial charge in [0.05, 0.1) is 19.8 Å². The maximum absolute atomic E-state index is 10.9. The molecule has 26 heavy (non-hydrogen) atoms. The summed E-state index contributed by atoms with van der Waals surface area (Å²) in [7, 11) is 3.13. The van der Waals surface area contributed by atoms with Gasteiger partial charge in [-0.15, -0.1) is 10.2 Å². The average Bonchev–Trinajstić information content (AvgIpc) is 3.15. The number of rotatable bonds is 7. The molecule has 0 aliphatic heterocycles. The lowest BCUT2D eigenvalue weighted by atomic mass is 10.1. The fourth-order valence-electron chi connectivity index (χ4n) is 2.24. The van der Waals surface area contributed by atoms with E-state index in [4.69, 9.17) is 19.0 Å². The predicted octanol–water partition coefficient (Wildman–Crippen LogP) is 3.74. The van der Waals surface area contributed by atoms with E-state index < -0.39 is 5.97 Å². The number of carboxylic acids is 1. The van der Waals surface area contributed by atoms with Gasteiger partial charge in [0.25, 0.3) is 5.22 Å². The third-order valence-electron chi connectivity index (χ3n) is 3.60. The van der Waals surface area contributed by atoms with E-state index in [1.807, 2.05) is 6.07 Å². The standard InChI is InChI=1S/C18H16N2O5S/c1-23-14-8-7-13(9-15(14)24-2)16-19-20-18(25-16)26-10-11-3-5-12(6-4-11)17(21)22/h3-9H,10H2,1-2H3,(H,21,22). The van der Waals surface area contributed by atoms with Crippen molar-refractivity contribution in [1.29, 1.82) is 0 Å². The number of hydrogen-bond donors (Lipinski definition) is 1. The van der Waals surface area contributed by atoms with Crippen LogP contribution in [0.15, 0.2) is 52.1 Å². The number of ether oxygens (including phenoxy) is 2. The van der Waals surface area contributed by atoms with Gasteiger partial charge >= 0.3 is 5.97 Å². The molecule has 0 aliphatic carbocycles. The van der Waals surface area contributed by atoms with Crippen LogP contribution in [0.3, 0.4) is 0 Å². The van der Waals surface area contributed by atoms with E-state index in [2.05, 4.69) is 10.2 Å². The topological polar surface area (TPSA) is 94.7 Å². The molecule has 0 aliphatic rings. The van der Waals surface area contributed by atoms with Crippen LogP contribution in [-0.4, -0.2) is 35.5 Å². The molecule has 0 fully saturated rings. The third kappa shape index (κ3) is 3.97. The lowest BCUT2D eigenvalue weighted by molar-refractivity contribution is 0.0697. The summed E-state index contributed by atoms with van der Waals surface area (Å²) in [6.45, 7) is 0. The number of carbonyl (C=O) groups is 1. The molecule has 134 valence electrons. The quantitative estimate of drug-likeness (QED) is 0.627. The Kier molecular flexibility index (Phi) is 5.43. The second-order valence-corrected chi connectivity index (χ2v) is 6.16. The van der Waals surface area contributed by atoms with Gasteiger partial charge in [-0.2, -0.15) is 0 Å². The van der Waals surface area contributed by atoms with Crippen LogP contribution in [-0.2, 0) is 5.75 Å². The molecule has 0 amide bonds. The Morgan fingerprint density at radius 2 is 1.81 bits per heavy atom. The Morgan fingerprint density at radius 1 is 1.08 bits per heavy atom. The second kappa shape index (κ2) is 7.92. The molecule has 0 atom stereocenters. The first-order chi connectivity index (χ1) is 12.6. The maximum Gasteiger partial charge on any atom is 0.335 e. The first-order valence-corrected chi connectivity index (χ1v) is 8.60. The second-order valence-electron chi connectivity index (χ2n) is 5.23. The zero-order chi connectivity index (χ0) is 18.5. The molecule has 8 heteroatoms. The summed E-state index contributed by atoms with van der Waals surface area (Å²) < 4.78 is 16.2. The van der Waals surface area contributed by atoms with Crippen LogP contribution in [0.5, 0.6) is 11.5 Å². The van der Waals surface area contributed by atoms with Crippen molar-refractivity contribution in [2.45, 2.75) is 11.0 Å². The monoisotopic (exact) mass is 372 g/mol. The summed E-state index contributed by atoms with van der Waals surface area (Å²) in [5, 5.41) is 17.4. The molecular weight excluding hydrogens is 356 g/mol. The van der Waals surface area contributed by atoms with Crippen molar-refractivity contribution < 1.29 is 23.8 Å². The minimum atomic E-state index is -0.944. The molecule has 3 rings (SSSR count). The molecule has 0 spiro atoms. The Labute approximate surface area is 154 Å². The highest BCUT2D eigenvalue weighted by molar-refractivity contribution is 7.98. The van der Waals surface area contributed by atoms with Crippen molar-refractivity contribution >= 4 is 17.7 Å². The van der Waals surface area contributed by atoms with Crippen molar-refractivity contribution in [2.75, 3.05) is 14.2 Å². The highest BCUT2D eigenvalue weighted by atomic mass is 32.2. The van der Waals surface area contributed by atoms with E-state index >= 15 is 0 Å². The molecule has 3 aromatic rings. The van der Waals surface area contributed by atoms with Crippen LogP contribution in [0.2, 0.25) is 0 Å². The number of benzene rings is 2. The van der Waals surface area contributed by atoms with Crippen LogP contribution in [0.4, 0.5) is 0 Å². The first kappa shape index (κ1) is 17.8. The van der Waals surface area contributed by atoms with E-state index in [0.717, 1.165) is 11.1 Å². The first-order valence-electron chi connectivity index (χ1n) is 7.61. The molecule has 2 aromatic carbocycles. The number of thioether (sulfide) groups is 1. The van der Waals surface area contributed by atoms with E-state index in [0.29, 0.717) is 28.4 Å². The van der Waals surface area contributed by atoms with Crippen LogP contribution in [0.1, 0.15) is 15.9 Å². The zero-order valence-corrected chi connectivity index (χ0v) is 14.9. The Balaban J connectivity index is 1.69. The fourth-order valence-corrected chi connectivity index (χ4v) is 2.96. The summed E-state index contributed by atoms with van der Waals surface area (Å²) >= 11 is 1.38. The van der Waals surface area contributed by atoms with Crippen molar-refractivity contribution in [1.82, 2.24) is 10.2 Å². The summed E-state index contributed by atoms with van der Waals surface area (Å²) in [4.78, 5) is 10.9. The third-order valence-corrected chi connectivity index (χ3v) is 4.49. The molecule has 0 unspecified atom stereocenters. The van der Waals surface area contributed by atoms with Crippen LogP contribution >= 0.6 is 11.8 Å². The Hall–Kier alpha value is -3.00. The van der Waals surface area contributed by atoms with Gasteiger partial charge in [0, 0.05) is 11.3 Å². The van der Waals surface area contributed by atoms with Crippen molar-refractivity contribution in [2.24, 2.45) is 0 Å². The largest absolute Gasteiger partial charge is 0.493 e. The van der Waals surface area contributed by atoms with E-state index in [1.54, 1.807) is 50.6 Å². The molecule has 1 N–H and O–H groups in total. The average molecular weight is 372 g/mol. The van der Waals surface area contributed by atoms with Gasteiger partial charge in [-0.05, 0) is 35.9 Å². The number of carboxylic acid groups (broad SMARTS) is 1. The summed E-state index contributed by atoms with van der Waals surface area (Å²) in [6, 6.07) is 12.0. The van der Waals surface area contributed by atoms with Gasteiger partial charge in [-0.1, -0.05) is 23.9 Å². The van der Waals surface area contributed by atoms with Gasteiger partial charge in [0.15, 0.2) is 11.5 Å². The van der Waals surface area contributed by atoms with Gasteiger partial charge in [0.2, 0.25) is 5.89 Å². The number of nitrogens with zero attached hydrogens (tertiary/aromatic N) is 2. The van der Waals surface area contributed by atoms with Crippen molar-refractivity contribution in [3.8, 4) is 23.0 Å². The lowest BCUT2D eigenvalue weighted by Gasteiger charge is -2.07. The van der Waals surface area contributed by atoms with Crippen molar-refractivity contribution in [3.05, 3.63) is 53.6 Å². The minimum Gasteiger partial charge on any atom is -0.493 e. The Morgan fingerprint density at radius 3 is 2.46 bits per heavy atom. The number of aromatic carboxylic acids is 1. The van der Waals surface area contributed by atoms with Crippen LogP contribution < -0.4 is 9.47 Å². The summed E-state index contributed by atoms with van der Waals surface area (Å²) in [5.74, 6) is 1.23. The van der Waals surface area contributed by atoms with Gasteiger partial charge in [0.1, 0.15) is 0 Å². The van der Waals surface area contributed by atoms with Crippen molar-refractivity contribution in [3.63, 3.8) is 0 Å². The molecule has 0 radical (unpaired) electrons. The van der Waals surface area contributed by atoms with Gasteiger partial charge in [-0.25, -0.2) is 4.79 Å². The number of aromatic nitrogens is 2. The van der Waals surface area contributed by atoms with Gasteiger partial charge in [-0.3, -0.25) is 0 Å². The minimum absolute atomic E-state index is 0.257. The molecular formula is C18H16N2O5S. The highest BCUT2D eigenvalue weighted by Crippen LogP contribution is 2.33. The summed E-state index contributed by atoms with van der Waals surface area (Å²) in [5.41, 5.74) is 1.95. The van der Waals surface area contributed by atoms with Gasteiger partial charge < -0.3 is 19.0 Å². The molecule has 7 nitrogen and oxygen atoms in total. The maximum atomic E-state index is 10.9. The lowest BCUT2D eigenvalue weighted by Crippen LogP contribution is -1.95. The SMILES string of the molecule is COc1ccc(-c2nnc(SCc3ccc(C(=O)O)cc3)o2)cc1OC. The van der Waals surface area contributed by atoms with E-state index in [-0.39, 0.29) is 5.56 Å².